The van der Waals surface area contributed by atoms with Crippen molar-refractivity contribution >= 4 is 11.9 Å². The maximum atomic E-state index is 12.3. The van der Waals surface area contributed by atoms with Gasteiger partial charge < -0.3 is 14.8 Å². The third-order valence-electron chi connectivity index (χ3n) is 3.18. The van der Waals surface area contributed by atoms with Crippen LogP contribution in [0.25, 0.3) is 0 Å². The van der Waals surface area contributed by atoms with E-state index in [0.717, 1.165) is 11.4 Å². The van der Waals surface area contributed by atoms with E-state index in [1.165, 1.54) is 0 Å². The van der Waals surface area contributed by atoms with Gasteiger partial charge in [-0.15, -0.1) is 0 Å². The zero-order chi connectivity index (χ0) is 17.2. The Morgan fingerprint density at radius 3 is 2.74 bits per heavy atom. The van der Waals surface area contributed by atoms with Crippen LogP contribution in [0.1, 0.15) is 47.1 Å². The Bertz CT molecular complexity index is 567. The van der Waals surface area contributed by atoms with Crippen molar-refractivity contribution in [1.29, 1.82) is 0 Å². The highest BCUT2D eigenvalue weighted by atomic mass is 16.6. The van der Waals surface area contributed by atoms with E-state index in [1.54, 1.807) is 4.90 Å². The molecule has 2 heterocycles. The predicted molar refractivity (Wildman–Crippen MR) is 89.7 cm³/mol. The van der Waals surface area contributed by atoms with Crippen LogP contribution in [0, 0.1) is 0 Å². The van der Waals surface area contributed by atoms with E-state index >= 15 is 0 Å². The van der Waals surface area contributed by atoms with Crippen molar-refractivity contribution in [3.8, 4) is 5.88 Å². The van der Waals surface area contributed by atoms with Crippen molar-refractivity contribution in [3.63, 3.8) is 0 Å². The van der Waals surface area contributed by atoms with Gasteiger partial charge in [-0.3, -0.25) is 4.90 Å². The molecule has 0 radical (unpaired) electrons. The number of amides is 1. The molecule has 1 aliphatic rings. The SMILES string of the molecule is CC(C)Nc1ccc2c(n1)O[C@@H](C)CN(C(=O)OC(C)(C)C)C2. The van der Waals surface area contributed by atoms with E-state index in [2.05, 4.69) is 24.1 Å². The fourth-order valence-electron chi connectivity index (χ4n) is 2.34. The number of fused-ring (bicyclic) bond motifs is 1. The minimum absolute atomic E-state index is 0.148. The van der Waals surface area contributed by atoms with Gasteiger partial charge in [0, 0.05) is 11.6 Å². The second kappa shape index (κ2) is 6.64. The molecule has 128 valence electrons. The van der Waals surface area contributed by atoms with Gasteiger partial charge in [-0.25, -0.2) is 4.79 Å². The number of nitrogens with one attached hydrogen (secondary N) is 1. The van der Waals surface area contributed by atoms with E-state index in [9.17, 15) is 4.79 Å². The number of nitrogens with zero attached hydrogens (tertiary/aromatic N) is 2. The first-order valence-corrected chi connectivity index (χ1v) is 8.05. The van der Waals surface area contributed by atoms with Crippen LogP contribution in [0.3, 0.4) is 0 Å². The molecule has 6 heteroatoms. The molecule has 1 aromatic heterocycles. The van der Waals surface area contributed by atoms with Crippen molar-refractivity contribution < 1.29 is 14.3 Å². The number of pyridine rings is 1. The van der Waals surface area contributed by atoms with Gasteiger partial charge in [-0.1, -0.05) is 0 Å². The van der Waals surface area contributed by atoms with Gasteiger partial charge in [0.15, 0.2) is 0 Å². The lowest BCUT2D eigenvalue weighted by atomic mass is 10.2. The molecule has 1 N–H and O–H groups in total. The lowest BCUT2D eigenvalue weighted by Gasteiger charge is -2.27. The summed E-state index contributed by atoms with van der Waals surface area (Å²) >= 11 is 0. The summed E-state index contributed by atoms with van der Waals surface area (Å²) < 4.78 is 11.4. The first-order valence-electron chi connectivity index (χ1n) is 8.05. The van der Waals surface area contributed by atoms with Gasteiger partial charge in [0.1, 0.15) is 17.5 Å². The highest BCUT2D eigenvalue weighted by Crippen LogP contribution is 2.26. The van der Waals surface area contributed by atoms with Crippen LogP contribution in [-0.2, 0) is 11.3 Å². The van der Waals surface area contributed by atoms with E-state index in [1.807, 2.05) is 39.8 Å². The Hall–Kier alpha value is -1.98. The molecule has 0 saturated carbocycles. The molecular formula is C17H27N3O3. The first kappa shape index (κ1) is 17.4. The summed E-state index contributed by atoms with van der Waals surface area (Å²) in [6, 6.07) is 4.15. The lowest BCUT2D eigenvalue weighted by molar-refractivity contribution is 0.0187. The molecule has 1 aromatic rings. The van der Waals surface area contributed by atoms with E-state index < -0.39 is 5.60 Å². The molecule has 2 rings (SSSR count). The number of anilines is 1. The van der Waals surface area contributed by atoms with Crippen molar-refractivity contribution in [1.82, 2.24) is 9.88 Å². The van der Waals surface area contributed by atoms with Gasteiger partial charge in [0.2, 0.25) is 5.88 Å². The second-order valence-corrected chi connectivity index (χ2v) is 7.25. The van der Waals surface area contributed by atoms with Crippen LogP contribution in [0.2, 0.25) is 0 Å². The number of carbonyl (C=O) groups is 1. The molecule has 0 bridgehead atoms. The summed E-state index contributed by atoms with van der Waals surface area (Å²) in [5, 5.41) is 3.26. The highest BCUT2D eigenvalue weighted by Gasteiger charge is 2.28. The second-order valence-electron chi connectivity index (χ2n) is 7.25. The molecule has 0 spiro atoms. The van der Waals surface area contributed by atoms with Gasteiger partial charge in [-0.05, 0) is 53.7 Å². The van der Waals surface area contributed by atoms with Crippen LogP contribution in [0.15, 0.2) is 12.1 Å². The van der Waals surface area contributed by atoms with Crippen molar-refractivity contribution in [2.24, 2.45) is 0 Å². The molecule has 0 unspecified atom stereocenters. The molecule has 1 aliphatic heterocycles. The number of hydrogen-bond donors (Lipinski definition) is 1. The Kier molecular flexibility index (Phi) is 5.02. The number of carbonyl (C=O) groups excluding carboxylic acids is 1. The van der Waals surface area contributed by atoms with Crippen LogP contribution in [0.4, 0.5) is 10.6 Å². The minimum Gasteiger partial charge on any atom is -0.472 e. The largest absolute Gasteiger partial charge is 0.472 e. The smallest absolute Gasteiger partial charge is 0.410 e. The van der Waals surface area contributed by atoms with Gasteiger partial charge in [0.05, 0.1) is 13.1 Å². The molecular weight excluding hydrogens is 294 g/mol. The maximum Gasteiger partial charge on any atom is 0.410 e. The Balaban J connectivity index is 2.19. The van der Waals surface area contributed by atoms with Crippen LogP contribution < -0.4 is 10.1 Å². The molecule has 23 heavy (non-hydrogen) atoms. The molecule has 0 aliphatic carbocycles. The summed E-state index contributed by atoms with van der Waals surface area (Å²) in [5.74, 6) is 1.35. The summed E-state index contributed by atoms with van der Waals surface area (Å²) in [4.78, 5) is 18.5. The van der Waals surface area contributed by atoms with Crippen LogP contribution >= 0.6 is 0 Å². The monoisotopic (exact) mass is 321 g/mol. The minimum atomic E-state index is -0.514. The normalized spacial score (nSPS) is 18.0. The summed E-state index contributed by atoms with van der Waals surface area (Å²) in [6.07, 6.45) is -0.476. The number of ether oxygens (including phenoxy) is 2. The zero-order valence-corrected chi connectivity index (χ0v) is 14.8. The third-order valence-corrected chi connectivity index (χ3v) is 3.18. The highest BCUT2D eigenvalue weighted by molar-refractivity contribution is 5.68. The molecule has 1 atom stereocenters. The predicted octanol–water partition coefficient (Wildman–Crippen LogP) is 3.42. The lowest BCUT2D eigenvalue weighted by Crippen LogP contribution is -2.39. The van der Waals surface area contributed by atoms with Gasteiger partial charge >= 0.3 is 6.09 Å². The van der Waals surface area contributed by atoms with Crippen LogP contribution in [0.5, 0.6) is 5.88 Å². The average Bonchev–Trinajstić information content (AvgIpc) is 2.53. The molecule has 6 nitrogen and oxygen atoms in total. The van der Waals surface area contributed by atoms with Crippen LogP contribution in [-0.4, -0.2) is 40.3 Å². The molecule has 1 amide bonds. The third kappa shape index (κ3) is 5.01. The van der Waals surface area contributed by atoms with Crippen molar-refractivity contribution in [2.45, 2.75) is 65.8 Å². The summed E-state index contributed by atoms with van der Waals surface area (Å²) in [5.41, 5.74) is 0.370. The number of rotatable bonds is 2. The molecule has 0 saturated heterocycles. The zero-order valence-electron chi connectivity index (χ0n) is 14.8. The van der Waals surface area contributed by atoms with E-state index in [0.29, 0.717) is 25.0 Å². The quantitative estimate of drug-likeness (QED) is 0.904. The fourth-order valence-corrected chi connectivity index (χ4v) is 2.34. The number of hydrogen-bond acceptors (Lipinski definition) is 5. The standard InChI is InChI=1S/C17H27N3O3/c1-11(2)18-14-8-7-13-10-20(16(21)23-17(4,5)6)9-12(3)22-15(13)19-14/h7-8,11-12H,9-10H2,1-6H3,(H,18,19)/t12-/m0/s1. The Labute approximate surface area is 138 Å². The van der Waals surface area contributed by atoms with Crippen molar-refractivity contribution in [3.05, 3.63) is 17.7 Å². The number of aromatic nitrogens is 1. The first-order chi connectivity index (χ1) is 10.6. The Morgan fingerprint density at radius 2 is 2.13 bits per heavy atom. The van der Waals surface area contributed by atoms with Gasteiger partial charge in [-0.2, -0.15) is 4.98 Å². The average molecular weight is 321 g/mol. The van der Waals surface area contributed by atoms with Crippen molar-refractivity contribution in [2.75, 3.05) is 11.9 Å². The summed E-state index contributed by atoms with van der Waals surface area (Å²) in [7, 11) is 0. The van der Waals surface area contributed by atoms with E-state index in [4.69, 9.17) is 9.47 Å². The topological polar surface area (TPSA) is 63.7 Å². The summed E-state index contributed by atoms with van der Waals surface area (Å²) in [6.45, 7) is 12.5. The molecule has 0 fully saturated rings. The van der Waals surface area contributed by atoms with Gasteiger partial charge in [0.25, 0.3) is 0 Å². The van der Waals surface area contributed by atoms with E-state index in [-0.39, 0.29) is 12.2 Å². The molecule has 0 aromatic carbocycles. The Morgan fingerprint density at radius 1 is 1.43 bits per heavy atom. The fraction of sp³-hybridized carbons (Fsp3) is 0.647. The maximum absolute atomic E-state index is 12.3.